The van der Waals surface area contributed by atoms with Crippen LogP contribution in [0, 0.1) is 5.92 Å². The second kappa shape index (κ2) is 11.0. The summed E-state index contributed by atoms with van der Waals surface area (Å²) in [6.07, 6.45) is 5.03. The van der Waals surface area contributed by atoms with E-state index in [1.807, 2.05) is 0 Å². The van der Waals surface area contributed by atoms with Crippen molar-refractivity contribution in [2.45, 2.75) is 52.5 Å². The van der Waals surface area contributed by atoms with Crippen molar-refractivity contribution in [3.63, 3.8) is 0 Å². The maximum absolute atomic E-state index is 5.62. The number of methoxy groups -OCH3 is 1. The van der Waals surface area contributed by atoms with Gasteiger partial charge in [0.1, 0.15) is 0 Å². The molecule has 0 heterocycles. The topological polar surface area (TPSA) is 38.5 Å². The molecule has 0 amide bonds. The van der Waals surface area contributed by atoms with Crippen LogP contribution in [-0.4, -0.2) is 44.3 Å². The SMILES string of the molecule is CCC(CCN)CCCN(CCOC)C(C)C. The minimum atomic E-state index is 0.611. The van der Waals surface area contributed by atoms with Crippen LogP contribution in [0.5, 0.6) is 0 Å². The van der Waals surface area contributed by atoms with E-state index in [9.17, 15) is 0 Å². The van der Waals surface area contributed by atoms with Gasteiger partial charge >= 0.3 is 0 Å². The number of hydrogen-bond acceptors (Lipinski definition) is 3. The van der Waals surface area contributed by atoms with Gasteiger partial charge in [-0.15, -0.1) is 0 Å². The summed E-state index contributed by atoms with van der Waals surface area (Å²) in [5.41, 5.74) is 5.62. The second-order valence-corrected chi connectivity index (χ2v) is 5.12. The van der Waals surface area contributed by atoms with Gasteiger partial charge in [0.05, 0.1) is 6.61 Å². The highest BCUT2D eigenvalue weighted by Gasteiger charge is 2.10. The Labute approximate surface area is 108 Å². The highest BCUT2D eigenvalue weighted by atomic mass is 16.5. The van der Waals surface area contributed by atoms with Crippen molar-refractivity contribution in [2.24, 2.45) is 11.7 Å². The fraction of sp³-hybridized carbons (Fsp3) is 1.00. The molecule has 0 bridgehead atoms. The normalized spacial score (nSPS) is 13.6. The maximum atomic E-state index is 5.62. The lowest BCUT2D eigenvalue weighted by atomic mass is 9.96. The molecule has 2 N–H and O–H groups in total. The summed E-state index contributed by atoms with van der Waals surface area (Å²) in [6.45, 7) is 10.7. The fourth-order valence-corrected chi connectivity index (χ4v) is 2.21. The average molecular weight is 244 g/mol. The largest absolute Gasteiger partial charge is 0.383 e. The molecule has 0 aromatic carbocycles. The third kappa shape index (κ3) is 8.58. The molecule has 0 aromatic rings. The van der Waals surface area contributed by atoms with Crippen molar-refractivity contribution in [1.29, 1.82) is 0 Å². The minimum absolute atomic E-state index is 0.611. The van der Waals surface area contributed by atoms with Gasteiger partial charge in [-0.2, -0.15) is 0 Å². The Morgan fingerprint density at radius 2 is 1.88 bits per heavy atom. The molecule has 1 atom stereocenters. The molecule has 0 rings (SSSR count). The summed E-state index contributed by atoms with van der Waals surface area (Å²) in [4.78, 5) is 2.50. The fourth-order valence-electron chi connectivity index (χ4n) is 2.21. The van der Waals surface area contributed by atoms with Crippen molar-refractivity contribution in [3.05, 3.63) is 0 Å². The molecule has 0 radical (unpaired) electrons. The first-order valence-corrected chi connectivity index (χ1v) is 7.08. The average Bonchev–Trinajstić information content (AvgIpc) is 2.31. The summed E-state index contributed by atoms with van der Waals surface area (Å²) < 4.78 is 5.15. The van der Waals surface area contributed by atoms with Gasteiger partial charge < -0.3 is 10.5 Å². The highest BCUT2D eigenvalue weighted by molar-refractivity contribution is 4.65. The minimum Gasteiger partial charge on any atom is -0.383 e. The lowest BCUT2D eigenvalue weighted by Gasteiger charge is -2.26. The van der Waals surface area contributed by atoms with Gasteiger partial charge in [0.15, 0.2) is 0 Å². The molecule has 17 heavy (non-hydrogen) atoms. The van der Waals surface area contributed by atoms with E-state index in [1.165, 1.54) is 32.2 Å². The van der Waals surface area contributed by atoms with E-state index in [4.69, 9.17) is 10.5 Å². The molecule has 0 aromatic heterocycles. The molecular formula is C14H32N2O. The first-order chi connectivity index (χ1) is 8.15. The molecule has 3 nitrogen and oxygen atoms in total. The Morgan fingerprint density at radius 3 is 2.35 bits per heavy atom. The van der Waals surface area contributed by atoms with Crippen LogP contribution in [0.3, 0.4) is 0 Å². The molecule has 0 aliphatic rings. The van der Waals surface area contributed by atoms with Crippen LogP contribution in [0.25, 0.3) is 0 Å². The molecular weight excluding hydrogens is 212 g/mol. The van der Waals surface area contributed by atoms with E-state index < -0.39 is 0 Å². The van der Waals surface area contributed by atoms with Crippen molar-refractivity contribution < 1.29 is 4.74 Å². The Bertz CT molecular complexity index is 162. The third-order valence-corrected chi connectivity index (χ3v) is 3.52. The van der Waals surface area contributed by atoms with Crippen molar-refractivity contribution in [3.8, 4) is 0 Å². The smallest absolute Gasteiger partial charge is 0.0589 e. The van der Waals surface area contributed by atoms with E-state index in [0.29, 0.717) is 6.04 Å². The number of nitrogens with two attached hydrogens (primary N) is 1. The summed E-state index contributed by atoms with van der Waals surface area (Å²) in [6, 6.07) is 0.611. The monoisotopic (exact) mass is 244 g/mol. The zero-order valence-electron chi connectivity index (χ0n) is 12.2. The predicted octanol–water partition coefficient (Wildman–Crippen LogP) is 2.50. The van der Waals surface area contributed by atoms with Gasteiger partial charge in [-0.25, -0.2) is 0 Å². The lowest BCUT2D eigenvalue weighted by Crippen LogP contribution is -2.34. The van der Waals surface area contributed by atoms with Crippen molar-refractivity contribution in [2.75, 3.05) is 33.4 Å². The van der Waals surface area contributed by atoms with Crippen LogP contribution >= 0.6 is 0 Å². The van der Waals surface area contributed by atoms with E-state index in [2.05, 4.69) is 25.7 Å². The number of rotatable bonds is 11. The predicted molar refractivity (Wildman–Crippen MR) is 75.3 cm³/mol. The Hall–Kier alpha value is -0.120. The molecule has 3 heteroatoms. The second-order valence-electron chi connectivity index (χ2n) is 5.12. The Balaban J connectivity index is 3.79. The van der Waals surface area contributed by atoms with Gasteiger partial charge in [-0.1, -0.05) is 13.3 Å². The summed E-state index contributed by atoms with van der Waals surface area (Å²) in [5, 5.41) is 0. The first kappa shape index (κ1) is 16.9. The summed E-state index contributed by atoms with van der Waals surface area (Å²) >= 11 is 0. The van der Waals surface area contributed by atoms with E-state index in [-0.39, 0.29) is 0 Å². The zero-order chi connectivity index (χ0) is 13.1. The van der Waals surface area contributed by atoms with E-state index in [0.717, 1.165) is 25.6 Å². The number of hydrogen-bond donors (Lipinski definition) is 1. The Kier molecular flexibility index (Phi) is 10.9. The Morgan fingerprint density at radius 1 is 1.18 bits per heavy atom. The lowest BCUT2D eigenvalue weighted by molar-refractivity contribution is 0.127. The van der Waals surface area contributed by atoms with Crippen LogP contribution in [0.1, 0.15) is 46.5 Å². The number of ether oxygens (including phenoxy) is 1. The molecule has 0 saturated carbocycles. The van der Waals surface area contributed by atoms with Gasteiger partial charge in [0.2, 0.25) is 0 Å². The quantitative estimate of drug-likeness (QED) is 0.607. The zero-order valence-corrected chi connectivity index (χ0v) is 12.2. The summed E-state index contributed by atoms with van der Waals surface area (Å²) in [7, 11) is 1.77. The molecule has 104 valence electrons. The van der Waals surface area contributed by atoms with E-state index in [1.54, 1.807) is 7.11 Å². The summed E-state index contributed by atoms with van der Waals surface area (Å²) in [5.74, 6) is 0.816. The van der Waals surface area contributed by atoms with Crippen LogP contribution in [0.15, 0.2) is 0 Å². The van der Waals surface area contributed by atoms with Crippen LogP contribution in [0.4, 0.5) is 0 Å². The van der Waals surface area contributed by atoms with Gasteiger partial charge in [0, 0.05) is 19.7 Å². The van der Waals surface area contributed by atoms with Gasteiger partial charge in [0.25, 0.3) is 0 Å². The van der Waals surface area contributed by atoms with Gasteiger partial charge in [-0.3, -0.25) is 4.90 Å². The molecule has 1 unspecified atom stereocenters. The molecule has 0 fully saturated rings. The van der Waals surface area contributed by atoms with Crippen LogP contribution < -0.4 is 5.73 Å². The first-order valence-electron chi connectivity index (χ1n) is 7.08. The standard InChI is InChI=1S/C14H32N2O/c1-5-14(8-9-15)7-6-10-16(13(2)3)11-12-17-4/h13-14H,5-12,15H2,1-4H3. The molecule has 0 aliphatic heterocycles. The van der Waals surface area contributed by atoms with Crippen LogP contribution in [-0.2, 0) is 4.74 Å². The highest BCUT2D eigenvalue weighted by Crippen LogP contribution is 2.15. The molecule has 0 spiro atoms. The number of nitrogens with zero attached hydrogens (tertiary/aromatic N) is 1. The van der Waals surface area contributed by atoms with Crippen LogP contribution in [0.2, 0.25) is 0 Å². The van der Waals surface area contributed by atoms with Crippen molar-refractivity contribution in [1.82, 2.24) is 4.90 Å². The van der Waals surface area contributed by atoms with E-state index >= 15 is 0 Å². The van der Waals surface area contributed by atoms with Crippen molar-refractivity contribution >= 4 is 0 Å². The third-order valence-electron chi connectivity index (χ3n) is 3.52. The molecule has 0 aliphatic carbocycles. The molecule has 0 saturated heterocycles. The maximum Gasteiger partial charge on any atom is 0.0589 e. The van der Waals surface area contributed by atoms with Gasteiger partial charge in [-0.05, 0) is 52.1 Å².